The third-order valence-electron chi connectivity index (χ3n) is 4.64. The lowest BCUT2D eigenvalue weighted by Gasteiger charge is -2.21. The molecule has 7 nitrogen and oxygen atoms in total. The van der Waals surface area contributed by atoms with Crippen molar-refractivity contribution in [2.75, 3.05) is 7.11 Å². The van der Waals surface area contributed by atoms with Crippen molar-refractivity contribution in [3.63, 3.8) is 0 Å². The number of benzene rings is 2. The van der Waals surface area contributed by atoms with Gasteiger partial charge in [-0.2, -0.15) is 0 Å². The number of hydrogen-bond donors (Lipinski definition) is 2. The Kier molecular flexibility index (Phi) is 6.85. The van der Waals surface area contributed by atoms with E-state index in [9.17, 15) is 9.59 Å². The first-order valence-electron chi connectivity index (χ1n) is 9.71. The Morgan fingerprint density at radius 1 is 1.07 bits per heavy atom. The van der Waals surface area contributed by atoms with Gasteiger partial charge in [-0.1, -0.05) is 61.5 Å². The molecule has 3 rings (SSSR count). The van der Waals surface area contributed by atoms with Gasteiger partial charge in [-0.25, -0.2) is 0 Å². The number of carbonyl (C=O) groups excluding carboxylic acids is 2. The van der Waals surface area contributed by atoms with Crippen LogP contribution in [0.25, 0.3) is 11.3 Å². The summed E-state index contributed by atoms with van der Waals surface area (Å²) in [5.74, 6) is 0.285. The van der Waals surface area contributed by atoms with Gasteiger partial charge in [0.05, 0.1) is 7.11 Å². The van der Waals surface area contributed by atoms with Crippen LogP contribution in [0.2, 0.25) is 0 Å². The molecule has 3 aromatic rings. The lowest BCUT2D eigenvalue weighted by molar-refractivity contribution is -0.124. The van der Waals surface area contributed by atoms with Gasteiger partial charge in [-0.15, -0.1) is 0 Å². The summed E-state index contributed by atoms with van der Waals surface area (Å²) >= 11 is 0. The Balaban J connectivity index is 1.66. The van der Waals surface area contributed by atoms with Gasteiger partial charge >= 0.3 is 0 Å². The summed E-state index contributed by atoms with van der Waals surface area (Å²) in [6.45, 7) is 4.14. The van der Waals surface area contributed by atoms with Crippen LogP contribution in [0, 0.1) is 5.92 Å². The Bertz CT molecular complexity index is 998. The monoisotopic (exact) mass is 407 g/mol. The summed E-state index contributed by atoms with van der Waals surface area (Å²) < 4.78 is 10.5. The molecule has 0 spiro atoms. The molecule has 0 aliphatic heterocycles. The third kappa shape index (κ3) is 5.26. The Labute approximate surface area is 175 Å². The van der Waals surface area contributed by atoms with Gasteiger partial charge < -0.3 is 19.9 Å². The summed E-state index contributed by atoms with van der Waals surface area (Å²) in [7, 11) is 1.58. The largest absolute Gasteiger partial charge is 0.497 e. The number of rotatable bonds is 8. The fraction of sp³-hybridized carbons (Fsp3) is 0.261. The van der Waals surface area contributed by atoms with Crippen LogP contribution in [-0.4, -0.2) is 30.1 Å². The Hall–Kier alpha value is -3.61. The van der Waals surface area contributed by atoms with Crippen molar-refractivity contribution >= 4 is 11.8 Å². The predicted octanol–water partition coefficient (Wildman–Crippen LogP) is 3.42. The number of amides is 2. The van der Waals surface area contributed by atoms with E-state index in [1.165, 1.54) is 0 Å². The summed E-state index contributed by atoms with van der Waals surface area (Å²) in [4.78, 5) is 25.3. The smallest absolute Gasteiger partial charge is 0.274 e. The number of ether oxygens (including phenoxy) is 1. The molecule has 2 amide bonds. The lowest BCUT2D eigenvalue weighted by Crippen LogP contribution is -2.49. The first-order chi connectivity index (χ1) is 14.5. The van der Waals surface area contributed by atoms with E-state index in [0.29, 0.717) is 18.1 Å². The van der Waals surface area contributed by atoms with Crippen molar-refractivity contribution in [3.05, 3.63) is 71.9 Å². The fourth-order valence-corrected chi connectivity index (χ4v) is 2.94. The topological polar surface area (TPSA) is 93.5 Å². The lowest BCUT2D eigenvalue weighted by atomic mass is 10.0. The molecule has 0 aliphatic rings. The van der Waals surface area contributed by atoms with Gasteiger partial charge in [-0.3, -0.25) is 9.59 Å². The molecule has 0 saturated carbocycles. The summed E-state index contributed by atoms with van der Waals surface area (Å²) in [5, 5.41) is 9.48. The molecule has 2 aromatic carbocycles. The fourth-order valence-electron chi connectivity index (χ4n) is 2.94. The molecule has 0 radical (unpaired) electrons. The van der Waals surface area contributed by atoms with Gasteiger partial charge in [0.25, 0.3) is 5.91 Å². The second-order valence-corrected chi connectivity index (χ2v) is 7.21. The van der Waals surface area contributed by atoms with E-state index < -0.39 is 11.9 Å². The van der Waals surface area contributed by atoms with Crippen LogP contribution in [-0.2, 0) is 11.3 Å². The van der Waals surface area contributed by atoms with Gasteiger partial charge in [0, 0.05) is 18.2 Å². The van der Waals surface area contributed by atoms with E-state index in [1.54, 1.807) is 19.2 Å². The zero-order valence-electron chi connectivity index (χ0n) is 17.2. The second kappa shape index (κ2) is 9.73. The van der Waals surface area contributed by atoms with Gasteiger partial charge in [-0.05, 0) is 23.6 Å². The van der Waals surface area contributed by atoms with Crippen molar-refractivity contribution in [2.24, 2.45) is 5.92 Å². The normalized spacial score (nSPS) is 11.7. The highest BCUT2D eigenvalue weighted by atomic mass is 16.5. The van der Waals surface area contributed by atoms with Gasteiger partial charge in [0.15, 0.2) is 11.5 Å². The van der Waals surface area contributed by atoms with Crippen molar-refractivity contribution in [2.45, 2.75) is 26.4 Å². The molecule has 0 aliphatic carbocycles. The molecule has 0 fully saturated rings. The highest BCUT2D eigenvalue weighted by Gasteiger charge is 2.26. The molecule has 1 unspecified atom stereocenters. The van der Waals surface area contributed by atoms with Crippen LogP contribution in [0.1, 0.15) is 29.9 Å². The predicted molar refractivity (Wildman–Crippen MR) is 113 cm³/mol. The summed E-state index contributed by atoms with van der Waals surface area (Å²) in [6.07, 6.45) is 0. The molecule has 30 heavy (non-hydrogen) atoms. The molecule has 7 heteroatoms. The molecule has 1 aromatic heterocycles. The number of methoxy groups -OCH3 is 1. The van der Waals surface area contributed by atoms with Crippen molar-refractivity contribution in [1.29, 1.82) is 0 Å². The van der Waals surface area contributed by atoms with E-state index in [-0.39, 0.29) is 17.5 Å². The number of aromatic nitrogens is 1. The summed E-state index contributed by atoms with van der Waals surface area (Å²) in [5.41, 5.74) is 1.83. The van der Waals surface area contributed by atoms with Crippen LogP contribution in [0.3, 0.4) is 0 Å². The van der Waals surface area contributed by atoms with Crippen molar-refractivity contribution in [1.82, 2.24) is 15.8 Å². The first kappa shape index (κ1) is 21.1. The van der Waals surface area contributed by atoms with E-state index in [0.717, 1.165) is 11.1 Å². The molecule has 1 atom stereocenters. The minimum absolute atomic E-state index is 0.102. The first-order valence-corrected chi connectivity index (χ1v) is 9.71. The quantitative estimate of drug-likeness (QED) is 0.597. The maximum absolute atomic E-state index is 12.7. The van der Waals surface area contributed by atoms with E-state index in [1.807, 2.05) is 62.4 Å². The number of nitrogens with zero attached hydrogens (tertiary/aromatic N) is 1. The van der Waals surface area contributed by atoms with Crippen molar-refractivity contribution in [3.8, 4) is 17.1 Å². The van der Waals surface area contributed by atoms with Gasteiger partial charge in [0.1, 0.15) is 11.8 Å². The molecule has 156 valence electrons. The standard InChI is InChI=1S/C23H25N3O4/c1-15(2)21(23(28)24-14-16-8-5-4-6-9-16)25-22(27)19-13-20(30-26-19)17-10-7-11-18(12-17)29-3/h4-13,15,21H,14H2,1-3H3,(H,24,28)(H,25,27). The average Bonchev–Trinajstić information content (AvgIpc) is 3.27. The number of nitrogens with one attached hydrogen (secondary N) is 2. The van der Waals surface area contributed by atoms with Crippen LogP contribution < -0.4 is 15.4 Å². The molecule has 0 bridgehead atoms. The molecular formula is C23H25N3O4. The van der Waals surface area contributed by atoms with E-state index in [4.69, 9.17) is 9.26 Å². The SMILES string of the molecule is COc1cccc(-c2cc(C(=O)NC(C(=O)NCc3ccccc3)C(C)C)no2)c1. The molecular weight excluding hydrogens is 382 g/mol. The van der Waals surface area contributed by atoms with Crippen LogP contribution in [0.4, 0.5) is 0 Å². The zero-order chi connectivity index (χ0) is 21.5. The average molecular weight is 407 g/mol. The zero-order valence-corrected chi connectivity index (χ0v) is 17.2. The van der Waals surface area contributed by atoms with Gasteiger partial charge in [0.2, 0.25) is 5.91 Å². The highest BCUT2D eigenvalue weighted by molar-refractivity contribution is 5.96. The molecule has 2 N–H and O–H groups in total. The van der Waals surface area contributed by atoms with E-state index in [2.05, 4.69) is 15.8 Å². The minimum atomic E-state index is -0.696. The number of hydrogen-bond acceptors (Lipinski definition) is 5. The van der Waals surface area contributed by atoms with Crippen LogP contribution >= 0.6 is 0 Å². The maximum atomic E-state index is 12.7. The minimum Gasteiger partial charge on any atom is -0.497 e. The maximum Gasteiger partial charge on any atom is 0.274 e. The molecule has 1 heterocycles. The second-order valence-electron chi connectivity index (χ2n) is 7.21. The van der Waals surface area contributed by atoms with Crippen molar-refractivity contribution < 1.29 is 18.8 Å². The third-order valence-corrected chi connectivity index (χ3v) is 4.64. The Morgan fingerprint density at radius 2 is 1.83 bits per heavy atom. The van der Waals surface area contributed by atoms with Crippen LogP contribution in [0.15, 0.2) is 65.2 Å². The number of carbonyl (C=O) groups is 2. The molecule has 0 saturated heterocycles. The van der Waals surface area contributed by atoms with E-state index >= 15 is 0 Å². The van der Waals surface area contributed by atoms with Crippen LogP contribution in [0.5, 0.6) is 5.75 Å². The summed E-state index contributed by atoms with van der Waals surface area (Å²) in [6, 6.07) is 17.7. The Morgan fingerprint density at radius 3 is 2.53 bits per heavy atom. The highest BCUT2D eigenvalue weighted by Crippen LogP contribution is 2.24.